The average molecular weight is 294 g/mol. The van der Waals surface area contributed by atoms with E-state index in [4.69, 9.17) is 11.6 Å². The van der Waals surface area contributed by atoms with Crippen molar-refractivity contribution in [3.63, 3.8) is 0 Å². The summed E-state index contributed by atoms with van der Waals surface area (Å²) in [6.45, 7) is 3.96. The van der Waals surface area contributed by atoms with Gasteiger partial charge in [0.15, 0.2) is 0 Å². The molecule has 0 atom stereocenters. The highest BCUT2D eigenvalue weighted by molar-refractivity contribution is 7.92. The van der Waals surface area contributed by atoms with Crippen LogP contribution in [0.1, 0.15) is 38.3 Å². The summed E-state index contributed by atoms with van der Waals surface area (Å²) in [6.07, 6.45) is 2.96. The average Bonchev–Trinajstić information content (AvgIpc) is 2.58. The highest BCUT2D eigenvalue weighted by atomic mass is 35.5. The lowest BCUT2D eigenvalue weighted by Gasteiger charge is -2.08. The first kappa shape index (κ1) is 15.3. The number of hydrogen-bond acceptors (Lipinski definition) is 3. The lowest BCUT2D eigenvalue weighted by atomic mass is 10.1. The van der Waals surface area contributed by atoms with Crippen LogP contribution in [-0.2, 0) is 17.1 Å². The molecule has 1 rings (SSSR count). The van der Waals surface area contributed by atoms with Crippen LogP contribution in [0.5, 0.6) is 0 Å². The molecule has 1 N–H and O–H groups in total. The molecule has 0 saturated carbocycles. The second-order valence-electron chi connectivity index (χ2n) is 4.57. The van der Waals surface area contributed by atoms with Crippen molar-refractivity contribution in [2.45, 2.75) is 32.6 Å². The highest BCUT2D eigenvalue weighted by Crippen LogP contribution is 2.23. The Bertz CT molecular complexity index is 482. The molecule has 104 valence electrons. The van der Waals surface area contributed by atoms with Gasteiger partial charge in [0.1, 0.15) is 0 Å². The van der Waals surface area contributed by atoms with E-state index in [1.807, 2.05) is 13.8 Å². The molecular formula is C11H20ClN3O2S. The summed E-state index contributed by atoms with van der Waals surface area (Å²) in [5, 5.41) is 4.26. The lowest BCUT2D eigenvalue weighted by molar-refractivity contribution is 0.598. The number of rotatable bonds is 7. The summed E-state index contributed by atoms with van der Waals surface area (Å²) in [4.78, 5) is 0. The van der Waals surface area contributed by atoms with Gasteiger partial charge < -0.3 is 0 Å². The molecule has 0 unspecified atom stereocenters. The molecule has 18 heavy (non-hydrogen) atoms. The minimum absolute atomic E-state index is 0.0894. The van der Waals surface area contributed by atoms with Crippen LogP contribution in [0.4, 0.5) is 5.69 Å². The van der Waals surface area contributed by atoms with E-state index in [9.17, 15) is 8.42 Å². The number of anilines is 1. The minimum atomic E-state index is -3.31. The molecule has 1 aromatic rings. The van der Waals surface area contributed by atoms with Crippen LogP contribution in [-0.4, -0.2) is 29.8 Å². The Morgan fingerprint density at radius 1 is 1.44 bits per heavy atom. The molecule has 5 nitrogen and oxygen atoms in total. The summed E-state index contributed by atoms with van der Waals surface area (Å²) < 4.78 is 27.9. The zero-order valence-electron chi connectivity index (χ0n) is 11.0. The SMILES string of the molecule is CC(C)c1nn(C)cc1NS(=O)(=O)CCCCCl. The molecule has 0 saturated heterocycles. The van der Waals surface area contributed by atoms with Crippen LogP contribution in [0.15, 0.2) is 6.20 Å². The number of halogens is 1. The molecule has 7 heteroatoms. The molecule has 1 heterocycles. The number of alkyl halides is 1. The first-order chi connectivity index (χ1) is 8.35. The van der Waals surface area contributed by atoms with Crippen LogP contribution in [0.2, 0.25) is 0 Å². The van der Waals surface area contributed by atoms with Crippen LogP contribution >= 0.6 is 11.6 Å². The predicted octanol–water partition coefficient (Wildman–Crippen LogP) is 2.30. The molecule has 0 amide bonds. The Balaban J connectivity index is 2.77. The summed E-state index contributed by atoms with van der Waals surface area (Å²) in [7, 11) is -1.54. The van der Waals surface area contributed by atoms with Crippen molar-refractivity contribution in [2.24, 2.45) is 7.05 Å². The van der Waals surface area contributed by atoms with Crippen molar-refractivity contribution in [1.29, 1.82) is 0 Å². The fourth-order valence-corrected chi connectivity index (χ4v) is 2.98. The van der Waals surface area contributed by atoms with Gasteiger partial charge in [0.05, 0.1) is 17.1 Å². The fourth-order valence-electron chi connectivity index (χ4n) is 1.62. The first-order valence-electron chi connectivity index (χ1n) is 5.95. The first-order valence-corrected chi connectivity index (χ1v) is 8.14. The molecule has 0 bridgehead atoms. The third-order valence-corrected chi connectivity index (χ3v) is 4.09. The number of aromatic nitrogens is 2. The largest absolute Gasteiger partial charge is 0.280 e. The number of hydrogen-bond donors (Lipinski definition) is 1. The van der Waals surface area contributed by atoms with E-state index in [1.54, 1.807) is 17.9 Å². The van der Waals surface area contributed by atoms with Crippen LogP contribution < -0.4 is 4.72 Å². The highest BCUT2D eigenvalue weighted by Gasteiger charge is 2.17. The molecule has 0 aromatic carbocycles. The molecule has 0 aliphatic rings. The molecule has 0 radical (unpaired) electrons. The Hall–Kier alpha value is -0.750. The van der Waals surface area contributed by atoms with Crippen molar-refractivity contribution in [1.82, 2.24) is 9.78 Å². The number of sulfonamides is 1. The van der Waals surface area contributed by atoms with Crippen LogP contribution in [0.25, 0.3) is 0 Å². The third-order valence-electron chi connectivity index (χ3n) is 2.47. The standard InChI is InChI=1S/C11H20ClN3O2S/c1-9(2)11-10(8-15(3)13-11)14-18(16,17)7-5-4-6-12/h8-9,14H,4-7H2,1-3H3. The number of unbranched alkanes of at least 4 members (excludes halogenated alkanes) is 1. The van der Waals surface area contributed by atoms with E-state index in [1.165, 1.54) is 0 Å². The maximum Gasteiger partial charge on any atom is 0.232 e. The number of nitrogens with zero attached hydrogens (tertiary/aromatic N) is 2. The van der Waals surface area contributed by atoms with Gasteiger partial charge in [-0.2, -0.15) is 5.10 Å². The quantitative estimate of drug-likeness (QED) is 0.620. The van der Waals surface area contributed by atoms with Crippen molar-refractivity contribution in [2.75, 3.05) is 16.4 Å². The topological polar surface area (TPSA) is 64.0 Å². The van der Waals surface area contributed by atoms with E-state index in [2.05, 4.69) is 9.82 Å². The zero-order chi connectivity index (χ0) is 13.8. The van der Waals surface area contributed by atoms with E-state index >= 15 is 0 Å². The maximum atomic E-state index is 11.9. The second-order valence-corrected chi connectivity index (χ2v) is 6.79. The van der Waals surface area contributed by atoms with Gasteiger partial charge in [0, 0.05) is 19.1 Å². The zero-order valence-corrected chi connectivity index (χ0v) is 12.6. The predicted molar refractivity (Wildman–Crippen MR) is 74.7 cm³/mol. The maximum absolute atomic E-state index is 11.9. The molecule has 0 fully saturated rings. The van der Waals surface area contributed by atoms with Crippen LogP contribution in [0.3, 0.4) is 0 Å². The van der Waals surface area contributed by atoms with Gasteiger partial charge in [-0.05, 0) is 18.8 Å². The van der Waals surface area contributed by atoms with Gasteiger partial charge in [-0.3, -0.25) is 9.40 Å². The normalized spacial score (nSPS) is 12.1. The summed E-state index contributed by atoms with van der Waals surface area (Å²) >= 11 is 5.53. The van der Waals surface area contributed by atoms with E-state index < -0.39 is 10.0 Å². The Morgan fingerprint density at radius 3 is 2.67 bits per heavy atom. The molecular weight excluding hydrogens is 274 g/mol. The van der Waals surface area contributed by atoms with Crippen molar-refractivity contribution < 1.29 is 8.42 Å². The van der Waals surface area contributed by atoms with Crippen molar-refractivity contribution >= 4 is 27.3 Å². The number of aryl methyl sites for hydroxylation is 1. The van der Waals surface area contributed by atoms with Crippen molar-refractivity contribution in [3.05, 3.63) is 11.9 Å². The van der Waals surface area contributed by atoms with E-state index in [0.29, 0.717) is 24.4 Å². The molecule has 0 spiro atoms. The third kappa shape index (κ3) is 4.49. The smallest absolute Gasteiger partial charge is 0.232 e. The summed E-state index contributed by atoms with van der Waals surface area (Å²) in [5.41, 5.74) is 1.33. The molecule has 0 aliphatic heterocycles. The number of nitrogens with one attached hydrogen (secondary N) is 1. The lowest BCUT2D eigenvalue weighted by Crippen LogP contribution is -2.17. The summed E-state index contributed by atoms with van der Waals surface area (Å²) in [5.74, 6) is 0.748. The van der Waals surface area contributed by atoms with E-state index in [0.717, 1.165) is 5.69 Å². The Labute approximate surface area is 114 Å². The molecule has 1 aromatic heterocycles. The van der Waals surface area contributed by atoms with Gasteiger partial charge in [-0.1, -0.05) is 13.8 Å². The summed E-state index contributed by atoms with van der Waals surface area (Å²) in [6, 6.07) is 0. The fraction of sp³-hybridized carbons (Fsp3) is 0.727. The van der Waals surface area contributed by atoms with E-state index in [-0.39, 0.29) is 11.7 Å². The Morgan fingerprint density at radius 2 is 2.11 bits per heavy atom. The van der Waals surface area contributed by atoms with Gasteiger partial charge in [0.2, 0.25) is 10.0 Å². The van der Waals surface area contributed by atoms with Gasteiger partial charge in [-0.15, -0.1) is 11.6 Å². The van der Waals surface area contributed by atoms with Gasteiger partial charge >= 0.3 is 0 Å². The minimum Gasteiger partial charge on any atom is -0.280 e. The van der Waals surface area contributed by atoms with Gasteiger partial charge in [-0.25, -0.2) is 8.42 Å². The second kappa shape index (κ2) is 6.43. The van der Waals surface area contributed by atoms with Crippen molar-refractivity contribution in [3.8, 4) is 0 Å². The monoisotopic (exact) mass is 293 g/mol. The molecule has 0 aliphatic carbocycles. The Kier molecular flexibility index (Phi) is 5.47. The van der Waals surface area contributed by atoms with Gasteiger partial charge in [0.25, 0.3) is 0 Å². The van der Waals surface area contributed by atoms with Crippen LogP contribution in [0, 0.1) is 0 Å².